The standard InChI is InChI=1S/C34H46N4O6/c1-5-23(39)11-9-8-10-12-26(37-32(40)25-20-34(25)13-15-38(6-2)16-14-34)31-35-21-27(36-31)24-19-28-22(17-29(24)42-4)18-30(44-28)33(41)43-7-3/h17-19,21,25-26H,5-16,20H2,1-4H3,(H,35,36)(H,37,40)/t25-,26+/m1/s1. The predicted octanol–water partition coefficient (Wildman–Crippen LogP) is 6.22. The van der Waals surface area contributed by atoms with Gasteiger partial charge in [0, 0.05) is 29.7 Å². The van der Waals surface area contributed by atoms with E-state index in [1.165, 1.54) is 0 Å². The monoisotopic (exact) mass is 606 g/mol. The molecule has 2 N–H and O–H groups in total. The minimum atomic E-state index is -0.515. The summed E-state index contributed by atoms with van der Waals surface area (Å²) >= 11 is 0. The molecule has 1 spiro atoms. The predicted molar refractivity (Wildman–Crippen MR) is 167 cm³/mol. The fraction of sp³-hybridized carbons (Fsp3) is 0.588. The van der Waals surface area contributed by atoms with E-state index < -0.39 is 5.97 Å². The van der Waals surface area contributed by atoms with Crippen LogP contribution in [0.4, 0.5) is 0 Å². The maximum atomic E-state index is 13.6. The fourth-order valence-electron chi connectivity index (χ4n) is 6.56. The lowest BCUT2D eigenvalue weighted by atomic mass is 9.90. The van der Waals surface area contributed by atoms with Crippen LogP contribution in [0.15, 0.2) is 28.8 Å². The number of fused-ring (bicyclic) bond motifs is 1. The summed E-state index contributed by atoms with van der Waals surface area (Å²) < 4.78 is 16.6. The number of nitrogens with one attached hydrogen (secondary N) is 2. The zero-order valence-corrected chi connectivity index (χ0v) is 26.5. The van der Waals surface area contributed by atoms with Crippen LogP contribution < -0.4 is 10.1 Å². The molecule has 44 heavy (non-hydrogen) atoms. The first-order valence-electron chi connectivity index (χ1n) is 16.2. The third-order valence-electron chi connectivity index (χ3n) is 9.50. The fourth-order valence-corrected chi connectivity index (χ4v) is 6.56. The van der Waals surface area contributed by atoms with Crippen LogP contribution in [0.5, 0.6) is 5.75 Å². The van der Waals surface area contributed by atoms with Gasteiger partial charge in [-0.3, -0.25) is 9.59 Å². The number of carbonyl (C=O) groups excluding carboxylic acids is 3. The summed E-state index contributed by atoms with van der Waals surface area (Å²) in [4.78, 5) is 48.2. The molecule has 10 heteroatoms. The van der Waals surface area contributed by atoms with Crippen molar-refractivity contribution in [3.8, 4) is 17.0 Å². The van der Waals surface area contributed by atoms with Gasteiger partial charge in [-0.2, -0.15) is 0 Å². The molecule has 3 aromatic rings. The number of furan rings is 1. The van der Waals surface area contributed by atoms with Crippen molar-refractivity contribution in [2.24, 2.45) is 11.3 Å². The normalized spacial score (nSPS) is 18.3. The Kier molecular flexibility index (Phi) is 10.1. The van der Waals surface area contributed by atoms with E-state index >= 15 is 0 Å². The number of likely N-dealkylation sites (tertiary alicyclic amines) is 1. The second kappa shape index (κ2) is 14.0. The number of hydrogen-bond donors (Lipinski definition) is 2. The number of carbonyl (C=O) groups is 3. The second-order valence-corrected chi connectivity index (χ2v) is 12.2. The number of rotatable bonds is 15. The first-order valence-corrected chi connectivity index (χ1v) is 16.2. The number of ether oxygens (including phenoxy) is 2. The van der Waals surface area contributed by atoms with Crippen molar-refractivity contribution in [2.45, 2.75) is 84.6 Å². The molecule has 2 atom stereocenters. The average molecular weight is 607 g/mol. The smallest absolute Gasteiger partial charge is 0.374 e. The van der Waals surface area contributed by atoms with Crippen LogP contribution in [-0.4, -0.2) is 65.9 Å². The molecule has 5 rings (SSSR count). The van der Waals surface area contributed by atoms with Crippen LogP contribution in [-0.2, 0) is 14.3 Å². The van der Waals surface area contributed by atoms with E-state index in [2.05, 4.69) is 22.1 Å². The number of piperidine rings is 1. The number of H-pyrrole nitrogens is 1. The van der Waals surface area contributed by atoms with E-state index in [0.717, 1.165) is 81.2 Å². The summed E-state index contributed by atoms with van der Waals surface area (Å²) in [6.07, 6.45) is 9.39. The molecule has 3 heterocycles. The van der Waals surface area contributed by atoms with Crippen molar-refractivity contribution < 1.29 is 28.3 Å². The Labute approximate surface area is 259 Å². The van der Waals surface area contributed by atoms with Gasteiger partial charge in [0.15, 0.2) is 0 Å². The van der Waals surface area contributed by atoms with E-state index in [1.54, 1.807) is 26.3 Å². The van der Waals surface area contributed by atoms with Crippen LogP contribution >= 0.6 is 0 Å². The van der Waals surface area contributed by atoms with E-state index in [1.807, 2.05) is 19.1 Å². The molecule has 0 bridgehead atoms. The Morgan fingerprint density at radius 2 is 1.93 bits per heavy atom. The van der Waals surface area contributed by atoms with Gasteiger partial charge in [-0.05, 0) is 82.3 Å². The summed E-state index contributed by atoms with van der Waals surface area (Å²) in [6, 6.07) is 5.02. The zero-order chi connectivity index (χ0) is 31.3. The van der Waals surface area contributed by atoms with Gasteiger partial charge in [0.2, 0.25) is 11.7 Å². The van der Waals surface area contributed by atoms with Crippen molar-refractivity contribution in [1.29, 1.82) is 0 Å². The van der Waals surface area contributed by atoms with Crippen molar-refractivity contribution in [2.75, 3.05) is 33.4 Å². The highest BCUT2D eigenvalue weighted by Gasteiger charge is 2.58. The SMILES string of the molecule is CCOC(=O)c1cc2cc(OC)c(-c3cnc([C@H](CCCCCC(=O)CC)NC(=O)[C@H]4CC45CCN(CC)CC5)[nH]3)cc2o1. The van der Waals surface area contributed by atoms with E-state index in [4.69, 9.17) is 18.9 Å². The summed E-state index contributed by atoms with van der Waals surface area (Å²) in [5.74, 6) is 1.35. The van der Waals surface area contributed by atoms with Gasteiger partial charge in [0.05, 0.1) is 31.6 Å². The van der Waals surface area contributed by atoms with Crippen LogP contribution in [0.2, 0.25) is 0 Å². The minimum Gasteiger partial charge on any atom is -0.496 e. The largest absolute Gasteiger partial charge is 0.496 e. The molecule has 2 aromatic heterocycles. The number of amides is 1. The number of esters is 1. The first kappa shape index (κ1) is 31.8. The molecule has 1 saturated heterocycles. The maximum absolute atomic E-state index is 13.6. The molecule has 10 nitrogen and oxygen atoms in total. The molecule has 2 aliphatic rings. The number of unbranched alkanes of at least 4 members (excludes halogenated alkanes) is 2. The molecule has 0 radical (unpaired) electrons. The number of methoxy groups -OCH3 is 1. The maximum Gasteiger partial charge on any atom is 0.374 e. The van der Waals surface area contributed by atoms with Gasteiger partial charge < -0.3 is 29.1 Å². The van der Waals surface area contributed by atoms with Crippen molar-refractivity contribution in [3.05, 3.63) is 36.0 Å². The molecule has 1 aromatic carbocycles. The lowest BCUT2D eigenvalue weighted by Crippen LogP contribution is -2.37. The lowest BCUT2D eigenvalue weighted by Gasteiger charge is -2.32. The minimum absolute atomic E-state index is 0.0515. The molecule has 1 aliphatic heterocycles. The van der Waals surface area contributed by atoms with Gasteiger partial charge in [-0.25, -0.2) is 9.78 Å². The highest BCUT2D eigenvalue weighted by Crippen LogP contribution is 2.59. The number of nitrogens with zero attached hydrogens (tertiary/aromatic N) is 2. The number of imidazole rings is 1. The van der Waals surface area contributed by atoms with E-state index in [0.29, 0.717) is 30.0 Å². The van der Waals surface area contributed by atoms with Gasteiger partial charge >= 0.3 is 5.97 Å². The van der Waals surface area contributed by atoms with Crippen molar-refractivity contribution >= 4 is 28.6 Å². The Morgan fingerprint density at radius 3 is 2.64 bits per heavy atom. The Balaban J connectivity index is 1.33. The molecule has 2 fully saturated rings. The number of Topliss-reactive ketones (excluding diaryl/α,β-unsaturated/α-hetero) is 1. The quantitative estimate of drug-likeness (QED) is 0.154. The molecule has 1 aliphatic carbocycles. The topological polar surface area (TPSA) is 127 Å². The molecule has 238 valence electrons. The van der Waals surface area contributed by atoms with Gasteiger partial charge in [0.25, 0.3) is 0 Å². The van der Waals surface area contributed by atoms with Crippen LogP contribution in [0.1, 0.15) is 101 Å². The number of aromatic amines is 1. The van der Waals surface area contributed by atoms with Crippen LogP contribution in [0.3, 0.4) is 0 Å². The number of hydrogen-bond acceptors (Lipinski definition) is 8. The lowest BCUT2D eigenvalue weighted by molar-refractivity contribution is -0.124. The van der Waals surface area contributed by atoms with Crippen LogP contribution in [0, 0.1) is 11.3 Å². The van der Waals surface area contributed by atoms with Gasteiger partial charge in [-0.15, -0.1) is 0 Å². The Bertz CT molecular complexity index is 1470. The van der Waals surface area contributed by atoms with Crippen molar-refractivity contribution in [3.63, 3.8) is 0 Å². The number of benzene rings is 1. The number of aromatic nitrogens is 2. The first-order chi connectivity index (χ1) is 21.3. The Hall–Kier alpha value is -3.66. The summed E-state index contributed by atoms with van der Waals surface area (Å²) in [5.41, 5.74) is 2.12. The Morgan fingerprint density at radius 1 is 1.14 bits per heavy atom. The van der Waals surface area contributed by atoms with Crippen LogP contribution in [0.25, 0.3) is 22.2 Å². The zero-order valence-electron chi connectivity index (χ0n) is 26.5. The highest BCUT2D eigenvalue weighted by molar-refractivity contribution is 5.95. The summed E-state index contributed by atoms with van der Waals surface area (Å²) in [6.45, 7) is 9.28. The average Bonchev–Trinajstić information content (AvgIpc) is 3.34. The number of ketones is 1. The van der Waals surface area contributed by atoms with E-state index in [-0.39, 0.29) is 41.4 Å². The summed E-state index contributed by atoms with van der Waals surface area (Å²) in [5, 5.41) is 4.06. The van der Waals surface area contributed by atoms with Gasteiger partial charge in [-0.1, -0.05) is 26.7 Å². The van der Waals surface area contributed by atoms with E-state index in [9.17, 15) is 14.4 Å². The second-order valence-electron chi connectivity index (χ2n) is 12.2. The molecular weight excluding hydrogens is 560 g/mol. The molecule has 1 saturated carbocycles. The van der Waals surface area contributed by atoms with Crippen molar-refractivity contribution in [1.82, 2.24) is 20.2 Å². The molecule has 1 amide bonds. The molecular formula is C34H46N4O6. The third kappa shape index (κ3) is 7.01. The highest BCUT2D eigenvalue weighted by atomic mass is 16.5. The molecule has 0 unspecified atom stereocenters. The van der Waals surface area contributed by atoms with Gasteiger partial charge in [0.1, 0.15) is 22.9 Å². The third-order valence-corrected chi connectivity index (χ3v) is 9.50. The summed E-state index contributed by atoms with van der Waals surface area (Å²) in [7, 11) is 1.59.